The van der Waals surface area contributed by atoms with Gasteiger partial charge in [-0.05, 0) is 35.9 Å². The third-order valence-electron chi connectivity index (χ3n) is 4.20. The number of fused-ring (bicyclic) bond motifs is 3. The molecule has 0 atom stereocenters. The second-order valence-corrected chi connectivity index (χ2v) is 5.80. The fourth-order valence-electron chi connectivity index (χ4n) is 2.92. The minimum atomic E-state index is -0.270. The van der Waals surface area contributed by atoms with E-state index in [-0.39, 0.29) is 5.91 Å². The van der Waals surface area contributed by atoms with Crippen LogP contribution in [-0.4, -0.2) is 25.3 Å². The van der Waals surface area contributed by atoms with Crippen LogP contribution in [0.25, 0.3) is 11.3 Å². The normalized spacial score (nSPS) is 12.3. The lowest BCUT2D eigenvalue weighted by Crippen LogP contribution is -2.59. The lowest BCUT2D eigenvalue weighted by atomic mass is 10.0. The van der Waals surface area contributed by atoms with E-state index in [0.29, 0.717) is 23.7 Å². The molecule has 4 rings (SSSR count). The van der Waals surface area contributed by atoms with Crippen molar-refractivity contribution in [3.63, 3.8) is 0 Å². The summed E-state index contributed by atoms with van der Waals surface area (Å²) in [6.07, 6.45) is 0. The zero-order valence-electron chi connectivity index (χ0n) is 13.9. The van der Waals surface area contributed by atoms with Gasteiger partial charge in [0.25, 0.3) is 5.91 Å². The van der Waals surface area contributed by atoms with Gasteiger partial charge < -0.3 is 4.74 Å². The Morgan fingerprint density at radius 1 is 1.24 bits per heavy atom. The zero-order valence-corrected chi connectivity index (χ0v) is 13.9. The van der Waals surface area contributed by atoms with Crippen LogP contribution in [0, 0.1) is 0 Å². The number of benzene rings is 2. The van der Waals surface area contributed by atoms with Crippen LogP contribution in [0.15, 0.2) is 53.1 Å². The highest BCUT2D eigenvalue weighted by Gasteiger charge is 2.37. The largest absolute Gasteiger partial charge is 0.497 e. The fraction of sp³-hybridized carbons (Fsp3) is 0.167. The van der Waals surface area contributed by atoms with Crippen molar-refractivity contribution in [3.8, 4) is 17.0 Å². The van der Waals surface area contributed by atoms with E-state index in [2.05, 4.69) is 16.7 Å². The molecule has 0 saturated carbocycles. The molecule has 0 radical (unpaired) electrons. The quantitative estimate of drug-likeness (QED) is 0.740. The lowest BCUT2D eigenvalue weighted by molar-refractivity contribution is -0.749. The number of amides is 1. The Bertz CT molecular complexity index is 934. The second kappa shape index (κ2) is 5.94. The average molecular weight is 337 g/mol. The molecule has 0 unspecified atom stereocenters. The number of nitrogens with one attached hydrogen (secondary N) is 1. The first-order chi connectivity index (χ1) is 12.2. The number of hydrogen-bond donors (Lipinski definition) is 1. The first-order valence-corrected chi connectivity index (χ1v) is 7.84. The number of anilines is 1. The van der Waals surface area contributed by atoms with Gasteiger partial charge in [-0.1, -0.05) is 18.2 Å². The van der Waals surface area contributed by atoms with E-state index in [4.69, 9.17) is 9.26 Å². The van der Waals surface area contributed by atoms with Crippen LogP contribution in [0.4, 0.5) is 5.88 Å². The SMILES string of the molecule is COc1ccc(C(=O)Nc2on[n+]3c2-c2ccccc2CN3C)cc1. The van der Waals surface area contributed by atoms with Gasteiger partial charge in [-0.3, -0.25) is 14.6 Å². The molecule has 2 aromatic carbocycles. The van der Waals surface area contributed by atoms with Crippen LogP contribution in [0.2, 0.25) is 0 Å². The molecule has 0 bridgehead atoms. The van der Waals surface area contributed by atoms with E-state index >= 15 is 0 Å². The van der Waals surface area contributed by atoms with Crippen LogP contribution >= 0.6 is 0 Å². The molecule has 1 N–H and O–H groups in total. The molecule has 1 aliphatic rings. The van der Waals surface area contributed by atoms with Crippen LogP contribution < -0.4 is 19.9 Å². The Kier molecular flexibility index (Phi) is 3.61. The summed E-state index contributed by atoms with van der Waals surface area (Å²) < 4.78 is 10.5. The number of ether oxygens (including phenoxy) is 1. The van der Waals surface area contributed by atoms with E-state index < -0.39 is 0 Å². The van der Waals surface area contributed by atoms with Gasteiger partial charge in [0.15, 0.2) is 0 Å². The van der Waals surface area contributed by atoms with Gasteiger partial charge in [0.05, 0.1) is 24.5 Å². The maximum atomic E-state index is 12.5. The number of methoxy groups -OCH3 is 1. The van der Waals surface area contributed by atoms with Crippen molar-refractivity contribution in [1.29, 1.82) is 0 Å². The molecule has 126 valence electrons. The van der Waals surface area contributed by atoms with Crippen molar-refractivity contribution in [3.05, 3.63) is 59.7 Å². The summed E-state index contributed by atoms with van der Waals surface area (Å²) in [5.74, 6) is 0.743. The second-order valence-electron chi connectivity index (χ2n) is 5.80. The van der Waals surface area contributed by atoms with E-state index in [1.165, 1.54) is 0 Å². The number of hydrogen-bond acceptors (Lipinski definition) is 5. The van der Waals surface area contributed by atoms with E-state index in [1.54, 1.807) is 36.2 Å². The summed E-state index contributed by atoms with van der Waals surface area (Å²) in [4.78, 5) is 14.2. The fourth-order valence-corrected chi connectivity index (χ4v) is 2.92. The molecular formula is C18H17N4O3+. The van der Waals surface area contributed by atoms with Crippen LogP contribution in [0.3, 0.4) is 0 Å². The maximum absolute atomic E-state index is 12.5. The molecule has 0 fully saturated rings. The minimum Gasteiger partial charge on any atom is -0.497 e. The Labute approximate surface area is 144 Å². The summed E-state index contributed by atoms with van der Waals surface area (Å²) in [5, 5.41) is 8.77. The zero-order chi connectivity index (χ0) is 17.4. The van der Waals surface area contributed by atoms with Gasteiger partial charge >= 0.3 is 11.6 Å². The molecular weight excluding hydrogens is 320 g/mol. The predicted molar refractivity (Wildman–Crippen MR) is 90.9 cm³/mol. The first-order valence-electron chi connectivity index (χ1n) is 7.84. The van der Waals surface area contributed by atoms with Crippen molar-refractivity contribution >= 4 is 11.8 Å². The van der Waals surface area contributed by atoms with Gasteiger partial charge in [-0.2, -0.15) is 5.01 Å². The van der Waals surface area contributed by atoms with Crippen molar-refractivity contribution in [2.45, 2.75) is 6.54 Å². The van der Waals surface area contributed by atoms with Crippen LogP contribution in [0.5, 0.6) is 5.75 Å². The minimum absolute atomic E-state index is 0.270. The highest BCUT2D eigenvalue weighted by molar-refractivity contribution is 6.04. The third-order valence-corrected chi connectivity index (χ3v) is 4.20. The summed E-state index contributed by atoms with van der Waals surface area (Å²) in [6, 6.07) is 14.9. The van der Waals surface area contributed by atoms with Crippen molar-refractivity contribution in [2.24, 2.45) is 0 Å². The maximum Gasteiger partial charge on any atom is 0.339 e. The molecule has 0 spiro atoms. The molecule has 25 heavy (non-hydrogen) atoms. The molecule has 1 aliphatic heterocycles. The topological polar surface area (TPSA) is 71.5 Å². The van der Waals surface area contributed by atoms with Gasteiger partial charge in [0.2, 0.25) is 5.27 Å². The highest BCUT2D eigenvalue weighted by atomic mass is 16.5. The van der Waals surface area contributed by atoms with Crippen LogP contribution in [-0.2, 0) is 6.54 Å². The molecule has 2 heterocycles. The van der Waals surface area contributed by atoms with E-state index in [1.807, 2.05) is 30.3 Å². The van der Waals surface area contributed by atoms with Crippen LogP contribution in [0.1, 0.15) is 15.9 Å². The van der Waals surface area contributed by atoms with Crippen molar-refractivity contribution in [1.82, 2.24) is 5.27 Å². The summed E-state index contributed by atoms with van der Waals surface area (Å²) in [6.45, 7) is 0.715. The average Bonchev–Trinajstić information content (AvgIpc) is 3.06. The van der Waals surface area contributed by atoms with Gasteiger partial charge in [0, 0.05) is 5.56 Å². The van der Waals surface area contributed by atoms with Gasteiger partial charge in [-0.15, -0.1) is 0 Å². The summed E-state index contributed by atoms with van der Waals surface area (Å²) >= 11 is 0. The smallest absolute Gasteiger partial charge is 0.339 e. The standard InChI is InChI=1S/C18H16N4O3/c1-21-11-13-5-3-4-6-15(13)16-18(25-20-22(16)21)19-17(23)12-7-9-14(24-2)10-8-12/h3-10H,11H2,1-2H3/p+1. The Balaban J connectivity index is 1.68. The number of nitrogens with zero attached hydrogens (tertiary/aromatic N) is 3. The summed E-state index contributed by atoms with van der Waals surface area (Å²) in [5.41, 5.74) is 3.37. The Morgan fingerprint density at radius 2 is 2.00 bits per heavy atom. The van der Waals surface area contributed by atoms with E-state index in [0.717, 1.165) is 16.8 Å². The number of carbonyl (C=O) groups is 1. The molecule has 0 aliphatic carbocycles. The number of rotatable bonds is 3. The van der Waals surface area contributed by atoms with Crippen molar-refractivity contribution in [2.75, 3.05) is 24.5 Å². The molecule has 7 nitrogen and oxygen atoms in total. The lowest BCUT2D eigenvalue weighted by Gasteiger charge is -2.16. The van der Waals surface area contributed by atoms with Gasteiger partial charge in [0.1, 0.15) is 12.3 Å². The van der Waals surface area contributed by atoms with Crippen molar-refractivity contribution < 1.29 is 18.8 Å². The van der Waals surface area contributed by atoms with E-state index in [9.17, 15) is 4.79 Å². The Hall–Kier alpha value is -3.35. The van der Waals surface area contributed by atoms with Gasteiger partial charge in [-0.25, -0.2) is 0 Å². The highest BCUT2D eigenvalue weighted by Crippen LogP contribution is 2.30. The third kappa shape index (κ3) is 2.59. The molecule has 7 heteroatoms. The molecule has 3 aromatic rings. The summed E-state index contributed by atoms with van der Waals surface area (Å²) in [7, 11) is 3.50. The number of aromatic nitrogens is 2. The molecule has 1 aromatic heterocycles. The Morgan fingerprint density at radius 3 is 2.76 bits per heavy atom. The molecule has 1 amide bonds. The monoisotopic (exact) mass is 337 g/mol. The molecule has 0 saturated heterocycles. The predicted octanol–water partition coefficient (Wildman–Crippen LogP) is 1.97. The number of carbonyl (C=O) groups excluding carboxylic acids is 1. The first kappa shape index (κ1) is 15.2.